The number of amides is 2. The molecule has 484 valence electrons. The summed E-state index contributed by atoms with van der Waals surface area (Å²) in [6.07, 6.45) is 16.6. The first-order valence-corrected chi connectivity index (χ1v) is 33.2. The molecule has 0 radical (unpaired) electrons. The Morgan fingerprint density at radius 3 is 0.894 bits per heavy atom. The number of phenols is 2. The van der Waals surface area contributed by atoms with Crippen LogP contribution in [0.25, 0.3) is 0 Å². The summed E-state index contributed by atoms with van der Waals surface area (Å²) in [5.41, 5.74) is -3.50. The molecule has 0 bridgehead atoms. The van der Waals surface area contributed by atoms with Crippen LogP contribution in [0.2, 0.25) is 0 Å². The molecule has 2 saturated heterocycles. The van der Waals surface area contributed by atoms with Crippen LogP contribution in [0.5, 0.6) is 11.5 Å². The fraction of sp³-hybridized carbons (Fsp3) is 0.781. The first-order valence-electron chi connectivity index (χ1n) is 33.2. The van der Waals surface area contributed by atoms with Gasteiger partial charge in [-0.15, -0.1) is 0 Å². The van der Waals surface area contributed by atoms with Gasteiger partial charge in [0.25, 0.3) is 0 Å². The van der Waals surface area contributed by atoms with Gasteiger partial charge in [0.1, 0.15) is 23.7 Å². The molecule has 0 aromatic heterocycles. The molecule has 0 atom stereocenters. The highest BCUT2D eigenvalue weighted by Crippen LogP contribution is 2.48. The van der Waals surface area contributed by atoms with E-state index in [1.807, 2.05) is 163 Å². The Kier molecular flexibility index (Phi) is 25.1. The van der Waals surface area contributed by atoms with Crippen molar-refractivity contribution < 1.29 is 48.3 Å². The van der Waals surface area contributed by atoms with Gasteiger partial charge in [-0.3, -0.25) is 19.4 Å². The van der Waals surface area contributed by atoms with E-state index in [9.17, 15) is 19.8 Å². The molecule has 2 aliphatic rings. The number of likely N-dealkylation sites (tertiary alicyclic amines) is 2. The highest BCUT2D eigenvalue weighted by molar-refractivity contribution is 6.01. The van der Waals surface area contributed by atoms with E-state index in [1.165, 1.54) is 64.2 Å². The summed E-state index contributed by atoms with van der Waals surface area (Å²) in [6.45, 7) is 45.4. The van der Waals surface area contributed by atoms with Crippen molar-refractivity contribution in [2.75, 3.05) is 13.2 Å². The molecule has 0 aliphatic carbocycles. The lowest BCUT2D eigenvalue weighted by atomic mass is 9.71. The number of unbranched alkanes of at least 4 members (excludes halogenated alkanes) is 14. The lowest BCUT2D eigenvalue weighted by molar-refractivity contribution is -0.187. The number of hydrogen-bond donors (Lipinski definition) is 2. The van der Waals surface area contributed by atoms with Gasteiger partial charge in [0, 0.05) is 47.8 Å². The number of phenolic OH excluding ortho intramolecular Hbond substituents is 2. The molecule has 0 saturated carbocycles. The molecule has 4 rings (SSSR count). The number of aromatic hydroxyl groups is 2. The van der Waals surface area contributed by atoms with Crippen molar-refractivity contribution in [3.05, 3.63) is 57.6 Å². The zero-order chi connectivity index (χ0) is 64.4. The second-order valence-corrected chi connectivity index (χ2v) is 32.5. The Bertz CT molecular complexity index is 2250. The van der Waals surface area contributed by atoms with E-state index < -0.39 is 85.6 Å². The summed E-state index contributed by atoms with van der Waals surface area (Å²) >= 11 is 0. The number of hydrogen-bond acceptors (Lipinski definition) is 10. The van der Waals surface area contributed by atoms with Gasteiger partial charge in [0.15, 0.2) is 5.41 Å². The summed E-state index contributed by atoms with van der Waals surface area (Å²) in [5, 5.41) is 24.2. The third-order valence-corrected chi connectivity index (χ3v) is 18.1. The molecular weight excluding hydrogens is 1060 g/mol. The zero-order valence-corrected chi connectivity index (χ0v) is 58.0. The van der Waals surface area contributed by atoms with Crippen molar-refractivity contribution in [2.24, 2.45) is 5.41 Å². The van der Waals surface area contributed by atoms with E-state index in [4.69, 9.17) is 18.9 Å². The summed E-state index contributed by atoms with van der Waals surface area (Å²) in [6, 6.07) is 7.69. The minimum absolute atomic E-state index is 0.152. The molecule has 2 aliphatic heterocycles. The number of carbonyl (C=O) groups excluding carboxylic acids is 4. The normalized spacial score (nSPS) is 17.6. The Labute approximate surface area is 517 Å². The molecule has 2 amide bonds. The van der Waals surface area contributed by atoms with Crippen LogP contribution in [0.1, 0.15) is 314 Å². The van der Waals surface area contributed by atoms with Crippen LogP contribution in [0.3, 0.4) is 0 Å². The third kappa shape index (κ3) is 19.8. The average molecular weight is 1190 g/mol. The van der Waals surface area contributed by atoms with Crippen molar-refractivity contribution >= 4 is 24.1 Å². The van der Waals surface area contributed by atoms with Gasteiger partial charge < -0.3 is 29.2 Å². The first-order chi connectivity index (χ1) is 39.1. The Balaban J connectivity index is 1.88. The van der Waals surface area contributed by atoms with Crippen LogP contribution in [-0.4, -0.2) is 91.7 Å². The van der Waals surface area contributed by atoms with Crippen molar-refractivity contribution in [1.82, 2.24) is 9.80 Å². The summed E-state index contributed by atoms with van der Waals surface area (Å²) < 4.78 is 25.9. The summed E-state index contributed by atoms with van der Waals surface area (Å²) in [7, 11) is 0. The molecule has 85 heavy (non-hydrogen) atoms. The van der Waals surface area contributed by atoms with Crippen LogP contribution in [0, 0.1) is 5.41 Å². The average Bonchev–Trinajstić information content (AvgIpc) is 1.11. The molecule has 0 spiro atoms. The fourth-order valence-corrected chi connectivity index (χ4v) is 14.0. The van der Waals surface area contributed by atoms with E-state index in [2.05, 4.69) is 13.8 Å². The van der Waals surface area contributed by atoms with Gasteiger partial charge in [0.05, 0.1) is 13.2 Å². The maximum absolute atomic E-state index is 16.4. The van der Waals surface area contributed by atoms with E-state index in [0.29, 0.717) is 46.6 Å². The Morgan fingerprint density at radius 1 is 0.424 bits per heavy atom. The maximum atomic E-state index is 16.4. The van der Waals surface area contributed by atoms with E-state index in [0.717, 1.165) is 38.5 Å². The number of piperidine rings is 2. The molecule has 12 nitrogen and oxygen atoms in total. The molecule has 2 aromatic rings. The minimum atomic E-state index is -2.05. The van der Waals surface area contributed by atoms with Crippen LogP contribution >= 0.6 is 0 Å². The lowest BCUT2D eigenvalue weighted by Gasteiger charge is -2.54. The van der Waals surface area contributed by atoms with Crippen molar-refractivity contribution in [1.29, 1.82) is 0 Å². The van der Waals surface area contributed by atoms with Crippen LogP contribution in [-0.2, 0) is 63.0 Å². The fourth-order valence-electron chi connectivity index (χ4n) is 14.0. The number of carbonyl (C=O) groups is 4. The lowest BCUT2D eigenvalue weighted by Crippen LogP contribution is -2.65. The van der Waals surface area contributed by atoms with Gasteiger partial charge >= 0.3 is 24.1 Å². The topological polar surface area (TPSA) is 152 Å². The molecule has 2 heterocycles. The zero-order valence-electron chi connectivity index (χ0n) is 58.0. The Morgan fingerprint density at radius 2 is 0.659 bits per heavy atom. The number of rotatable bonds is 26. The van der Waals surface area contributed by atoms with Crippen LogP contribution in [0.15, 0.2) is 24.3 Å². The predicted octanol–water partition coefficient (Wildman–Crippen LogP) is 18.7. The number of nitrogens with zero attached hydrogens (tertiary/aromatic N) is 2. The molecule has 0 unspecified atom stereocenters. The molecular formula is C73H122N2O10. The Hall–Kier alpha value is -4.48. The van der Waals surface area contributed by atoms with Crippen molar-refractivity contribution in [3.63, 3.8) is 0 Å². The van der Waals surface area contributed by atoms with Crippen molar-refractivity contribution in [3.8, 4) is 11.5 Å². The number of esters is 2. The smallest absolute Gasteiger partial charge is 0.410 e. The predicted molar refractivity (Wildman–Crippen MR) is 347 cm³/mol. The standard InChI is InChI=1S/C73H122N2O10/c1-23-25-27-29-31-33-35-37-39-82-63(80)74-69(15,16)47-53(48-70(74,17)18)84-61(78)73(45-51-41-55(65(3,4)5)59(76)56(42-51)66(6,7)8,46-52-43-57(67(9,10)11)60(77)58(44-52)68(12,13)14)62(79)85-54-49-71(19,20)75(72(21,22)50-54)64(81)83-40-38-36-34-32-30-28-26-24-2/h41-44,53-54,76-77H,23-40,45-50H2,1-22H3. The highest BCUT2D eigenvalue weighted by atomic mass is 16.6. The van der Waals surface area contributed by atoms with E-state index >= 15 is 9.59 Å². The number of benzene rings is 2. The molecule has 2 aromatic carbocycles. The SMILES string of the molecule is CCCCCCCCCCOC(=O)N1C(C)(C)CC(OC(=O)C(Cc2cc(C(C)(C)C)c(O)c(C(C)(C)C)c2)(Cc2cc(C(C)(C)C)c(O)c(C(C)(C)C)c2)C(=O)OC2CC(C)(C)N(C(=O)OCCCCCCCCCC)C(C)(C)C2)CC1(C)C. The van der Waals surface area contributed by atoms with Gasteiger partial charge in [-0.05, 0) is 136 Å². The maximum Gasteiger partial charge on any atom is 0.410 e. The second-order valence-electron chi connectivity index (χ2n) is 32.5. The monoisotopic (exact) mass is 1190 g/mol. The van der Waals surface area contributed by atoms with E-state index in [1.54, 1.807) is 9.80 Å². The van der Waals surface area contributed by atoms with Gasteiger partial charge in [0.2, 0.25) is 0 Å². The largest absolute Gasteiger partial charge is 0.507 e. The molecule has 2 fully saturated rings. The summed E-state index contributed by atoms with van der Waals surface area (Å²) in [5.74, 6) is -1.18. The van der Waals surface area contributed by atoms with Crippen molar-refractivity contribution in [2.45, 2.75) is 350 Å². The number of ether oxygens (including phenoxy) is 4. The first kappa shape index (κ1) is 73.0. The van der Waals surface area contributed by atoms with Crippen LogP contribution < -0.4 is 0 Å². The van der Waals surface area contributed by atoms with E-state index in [-0.39, 0.29) is 50.0 Å². The highest BCUT2D eigenvalue weighted by Gasteiger charge is 2.57. The quantitative estimate of drug-likeness (QED) is 0.0403. The van der Waals surface area contributed by atoms with Gasteiger partial charge in [-0.25, -0.2) is 9.59 Å². The van der Waals surface area contributed by atoms with Crippen LogP contribution in [0.4, 0.5) is 9.59 Å². The molecule has 12 heteroatoms. The van der Waals surface area contributed by atoms with Gasteiger partial charge in [-0.2, -0.15) is 0 Å². The van der Waals surface area contributed by atoms with Gasteiger partial charge in [-0.1, -0.05) is 211 Å². The second kappa shape index (κ2) is 29.2. The molecule has 2 N–H and O–H groups in total. The summed E-state index contributed by atoms with van der Waals surface area (Å²) in [4.78, 5) is 64.9. The third-order valence-electron chi connectivity index (χ3n) is 18.1. The minimum Gasteiger partial charge on any atom is -0.507 e.